The lowest BCUT2D eigenvalue weighted by Crippen LogP contribution is -2.50. The van der Waals surface area contributed by atoms with Crippen LogP contribution in [-0.2, 0) is 4.74 Å². The summed E-state index contributed by atoms with van der Waals surface area (Å²) in [6.07, 6.45) is 3.44. The zero-order valence-electron chi connectivity index (χ0n) is 12.5. The van der Waals surface area contributed by atoms with Crippen molar-refractivity contribution in [3.05, 3.63) is 12.4 Å². The molecule has 1 aromatic heterocycles. The number of hydrogen-bond donors (Lipinski definition) is 1. The molecule has 7 nitrogen and oxygen atoms in total. The van der Waals surface area contributed by atoms with E-state index in [1.165, 1.54) is 12.4 Å². The largest absolute Gasteiger partial charge is 0.505 e. The van der Waals surface area contributed by atoms with E-state index >= 15 is 0 Å². The van der Waals surface area contributed by atoms with Crippen molar-refractivity contribution in [3.63, 3.8) is 0 Å². The van der Waals surface area contributed by atoms with Crippen molar-refractivity contribution in [3.8, 4) is 5.75 Å². The molecule has 0 saturated carbocycles. The van der Waals surface area contributed by atoms with Gasteiger partial charge in [-0.3, -0.25) is 0 Å². The van der Waals surface area contributed by atoms with Gasteiger partial charge in [0.15, 0.2) is 5.75 Å². The molecule has 1 aromatic rings. The predicted molar refractivity (Wildman–Crippen MR) is 76.2 cm³/mol. The molecule has 2 aliphatic heterocycles. The van der Waals surface area contributed by atoms with E-state index < -0.39 is 5.60 Å². The molecule has 114 valence electrons. The molecule has 7 heteroatoms. The van der Waals surface area contributed by atoms with Gasteiger partial charge in [-0.2, -0.15) is 0 Å². The van der Waals surface area contributed by atoms with E-state index in [0.717, 1.165) is 6.42 Å². The Hall–Kier alpha value is -2.05. The SMILES string of the molecule is CC(C)(C)OC(=O)N1C[C@H]2C[C@@H]1CN2c1ncc(O)cn1. The summed E-state index contributed by atoms with van der Waals surface area (Å²) in [6.45, 7) is 6.94. The lowest BCUT2D eigenvalue weighted by atomic mass is 10.2. The molecule has 3 heterocycles. The van der Waals surface area contributed by atoms with Gasteiger partial charge in [0, 0.05) is 13.1 Å². The Morgan fingerprint density at radius 1 is 1.29 bits per heavy atom. The van der Waals surface area contributed by atoms with Crippen LogP contribution in [0.2, 0.25) is 0 Å². The Balaban J connectivity index is 1.66. The van der Waals surface area contributed by atoms with Crippen LogP contribution in [0.25, 0.3) is 0 Å². The molecular weight excluding hydrogens is 272 g/mol. The maximum atomic E-state index is 12.2. The number of carbonyl (C=O) groups excluding carboxylic acids is 1. The molecular formula is C14H20N4O3. The minimum Gasteiger partial charge on any atom is -0.505 e. The highest BCUT2D eigenvalue weighted by Crippen LogP contribution is 2.33. The number of anilines is 1. The molecule has 21 heavy (non-hydrogen) atoms. The zero-order chi connectivity index (χ0) is 15.2. The Morgan fingerprint density at radius 3 is 2.48 bits per heavy atom. The molecule has 3 rings (SSSR count). The molecule has 1 amide bonds. The number of aromatic hydroxyl groups is 1. The Kier molecular flexibility index (Phi) is 3.15. The van der Waals surface area contributed by atoms with Crippen molar-refractivity contribution in [1.82, 2.24) is 14.9 Å². The molecule has 2 aliphatic rings. The number of fused-ring (bicyclic) bond motifs is 2. The highest BCUT2D eigenvalue weighted by atomic mass is 16.6. The van der Waals surface area contributed by atoms with Crippen LogP contribution in [0.4, 0.5) is 10.7 Å². The number of ether oxygens (including phenoxy) is 1. The highest BCUT2D eigenvalue weighted by Gasteiger charge is 2.47. The quantitative estimate of drug-likeness (QED) is 0.842. The van der Waals surface area contributed by atoms with Gasteiger partial charge in [0.2, 0.25) is 5.95 Å². The van der Waals surface area contributed by atoms with Gasteiger partial charge in [-0.05, 0) is 27.2 Å². The molecule has 0 spiro atoms. The van der Waals surface area contributed by atoms with E-state index in [1.807, 2.05) is 20.8 Å². The number of aromatic nitrogens is 2. The average Bonchev–Trinajstić information content (AvgIpc) is 2.97. The molecule has 0 aliphatic carbocycles. The second kappa shape index (κ2) is 4.75. The summed E-state index contributed by atoms with van der Waals surface area (Å²) in [7, 11) is 0. The fourth-order valence-electron chi connectivity index (χ4n) is 2.92. The van der Waals surface area contributed by atoms with Gasteiger partial charge in [-0.25, -0.2) is 14.8 Å². The van der Waals surface area contributed by atoms with Crippen LogP contribution < -0.4 is 4.90 Å². The number of piperazine rings is 1. The first-order chi connectivity index (χ1) is 9.83. The molecule has 2 atom stereocenters. The molecule has 1 N–H and O–H groups in total. The van der Waals surface area contributed by atoms with Gasteiger partial charge in [-0.1, -0.05) is 0 Å². The summed E-state index contributed by atoms with van der Waals surface area (Å²) in [4.78, 5) is 24.3. The van der Waals surface area contributed by atoms with Gasteiger partial charge in [0.1, 0.15) is 5.60 Å². The van der Waals surface area contributed by atoms with E-state index in [0.29, 0.717) is 19.0 Å². The van der Waals surface area contributed by atoms with E-state index in [1.54, 1.807) is 4.90 Å². The van der Waals surface area contributed by atoms with Crippen LogP contribution in [0.1, 0.15) is 27.2 Å². The summed E-state index contributed by atoms with van der Waals surface area (Å²) < 4.78 is 5.44. The van der Waals surface area contributed by atoms with Crippen LogP contribution in [-0.4, -0.2) is 56.8 Å². The zero-order valence-corrected chi connectivity index (χ0v) is 12.5. The minimum atomic E-state index is -0.474. The van der Waals surface area contributed by atoms with E-state index in [9.17, 15) is 9.90 Å². The highest BCUT2D eigenvalue weighted by molar-refractivity contribution is 5.70. The first-order valence-electron chi connectivity index (χ1n) is 7.11. The summed E-state index contributed by atoms with van der Waals surface area (Å²) in [5.41, 5.74) is -0.474. The first kappa shape index (κ1) is 13.9. The Labute approximate surface area is 123 Å². The lowest BCUT2D eigenvalue weighted by Gasteiger charge is -2.35. The first-order valence-corrected chi connectivity index (χ1v) is 7.11. The lowest BCUT2D eigenvalue weighted by molar-refractivity contribution is 0.0214. The van der Waals surface area contributed by atoms with Gasteiger partial charge in [0.05, 0.1) is 24.5 Å². The fourth-order valence-corrected chi connectivity index (χ4v) is 2.92. The second-order valence-corrected chi connectivity index (χ2v) is 6.57. The number of amides is 1. The van der Waals surface area contributed by atoms with Crippen LogP contribution in [0.3, 0.4) is 0 Å². The van der Waals surface area contributed by atoms with E-state index in [2.05, 4.69) is 14.9 Å². The van der Waals surface area contributed by atoms with Crippen molar-refractivity contribution in [2.24, 2.45) is 0 Å². The number of nitrogens with zero attached hydrogens (tertiary/aromatic N) is 4. The monoisotopic (exact) mass is 292 g/mol. The van der Waals surface area contributed by atoms with Gasteiger partial charge in [0.25, 0.3) is 0 Å². The Morgan fingerprint density at radius 2 is 1.95 bits per heavy atom. The number of hydrogen-bond acceptors (Lipinski definition) is 6. The van der Waals surface area contributed by atoms with Crippen molar-refractivity contribution in [2.45, 2.75) is 44.9 Å². The fraction of sp³-hybridized carbons (Fsp3) is 0.643. The van der Waals surface area contributed by atoms with Crippen LogP contribution in [0.5, 0.6) is 5.75 Å². The predicted octanol–water partition coefficient (Wildman–Crippen LogP) is 1.38. The van der Waals surface area contributed by atoms with Gasteiger partial charge in [-0.15, -0.1) is 0 Å². The second-order valence-electron chi connectivity index (χ2n) is 6.57. The van der Waals surface area contributed by atoms with Gasteiger partial charge >= 0.3 is 6.09 Å². The molecule has 2 saturated heterocycles. The summed E-state index contributed by atoms with van der Waals surface area (Å²) in [6, 6.07) is 0.356. The van der Waals surface area contributed by atoms with Crippen molar-refractivity contribution in [2.75, 3.05) is 18.0 Å². The third-order valence-corrected chi connectivity index (χ3v) is 3.75. The van der Waals surface area contributed by atoms with Crippen molar-refractivity contribution < 1.29 is 14.6 Å². The van der Waals surface area contributed by atoms with Crippen molar-refractivity contribution >= 4 is 12.0 Å². The maximum absolute atomic E-state index is 12.2. The van der Waals surface area contributed by atoms with Crippen molar-refractivity contribution in [1.29, 1.82) is 0 Å². The normalized spacial score (nSPS) is 24.5. The molecule has 0 unspecified atom stereocenters. The number of carbonyl (C=O) groups is 1. The molecule has 0 aromatic carbocycles. The van der Waals surface area contributed by atoms with Gasteiger partial charge < -0.3 is 19.6 Å². The average molecular weight is 292 g/mol. The van der Waals surface area contributed by atoms with Crippen LogP contribution >= 0.6 is 0 Å². The number of rotatable bonds is 1. The summed E-state index contributed by atoms with van der Waals surface area (Å²) >= 11 is 0. The third-order valence-electron chi connectivity index (χ3n) is 3.75. The maximum Gasteiger partial charge on any atom is 0.410 e. The minimum absolute atomic E-state index is 0.0542. The topological polar surface area (TPSA) is 78.8 Å². The van der Waals surface area contributed by atoms with E-state index in [-0.39, 0.29) is 23.9 Å². The summed E-state index contributed by atoms with van der Waals surface area (Å²) in [5.74, 6) is 0.655. The number of likely N-dealkylation sites (tertiary alicyclic amines) is 1. The standard InChI is InChI=1S/C14H20N4O3/c1-14(2,3)21-13(20)18-8-9-4-10(18)7-17(9)12-15-5-11(19)6-16-12/h5-6,9-10,19H,4,7-8H2,1-3H3/t9-,10-/m1/s1. The Bertz CT molecular complexity index is 540. The molecule has 0 radical (unpaired) electrons. The smallest absolute Gasteiger partial charge is 0.410 e. The van der Waals surface area contributed by atoms with E-state index in [4.69, 9.17) is 4.74 Å². The van der Waals surface area contributed by atoms with Crippen LogP contribution in [0, 0.1) is 0 Å². The third kappa shape index (κ3) is 2.72. The molecule has 2 bridgehead atoms. The summed E-state index contributed by atoms with van der Waals surface area (Å²) in [5, 5.41) is 9.24. The molecule has 2 fully saturated rings. The van der Waals surface area contributed by atoms with Crippen LogP contribution in [0.15, 0.2) is 12.4 Å².